The summed E-state index contributed by atoms with van der Waals surface area (Å²) in [6, 6.07) is 1.09. The number of carbonyl (C=O) groups excluding carboxylic acids is 1. The van der Waals surface area contributed by atoms with Crippen molar-refractivity contribution in [1.29, 1.82) is 0 Å². The maximum Gasteiger partial charge on any atom is 0.222 e. The van der Waals surface area contributed by atoms with Gasteiger partial charge in [-0.1, -0.05) is 13.8 Å². The lowest BCUT2D eigenvalue weighted by Crippen LogP contribution is -2.47. The summed E-state index contributed by atoms with van der Waals surface area (Å²) in [5.74, 6) is 1.76. The second kappa shape index (κ2) is 6.23. The standard InChI is InChI=1S/C16H29N3O2/c1-10(2)16(20)18-14-3-11-6-19(7-12(11)4-14)15-5-13(17)8-21-9-15/h10-15H,3-9,17H2,1-2H3,(H,18,20). The van der Waals surface area contributed by atoms with Gasteiger partial charge < -0.3 is 15.8 Å². The lowest BCUT2D eigenvalue weighted by atomic mass is 10.0. The Labute approximate surface area is 127 Å². The van der Waals surface area contributed by atoms with Gasteiger partial charge in [0.05, 0.1) is 13.2 Å². The van der Waals surface area contributed by atoms with Gasteiger partial charge in [0.15, 0.2) is 0 Å². The molecular weight excluding hydrogens is 266 g/mol. The van der Waals surface area contributed by atoms with Gasteiger partial charge in [-0.25, -0.2) is 0 Å². The highest BCUT2D eigenvalue weighted by Crippen LogP contribution is 2.39. The van der Waals surface area contributed by atoms with Crippen LogP contribution in [0.4, 0.5) is 0 Å². The number of nitrogens with two attached hydrogens (primary N) is 1. The third kappa shape index (κ3) is 3.41. The molecule has 3 fully saturated rings. The lowest BCUT2D eigenvalue weighted by molar-refractivity contribution is -0.124. The van der Waals surface area contributed by atoms with E-state index in [4.69, 9.17) is 10.5 Å². The average Bonchev–Trinajstić information content (AvgIpc) is 2.96. The third-order valence-electron chi connectivity index (χ3n) is 5.38. The van der Waals surface area contributed by atoms with E-state index in [1.165, 1.54) is 0 Å². The second-order valence-electron chi connectivity index (χ2n) is 7.49. The van der Waals surface area contributed by atoms with E-state index in [9.17, 15) is 4.79 Å². The van der Waals surface area contributed by atoms with Gasteiger partial charge in [0, 0.05) is 37.1 Å². The first kappa shape index (κ1) is 15.3. The van der Waals surface area contributed by atoms with Crippen LogP contribution in [0, 0.1) is 17.8 Å². The molecule has 2 heterocycles. The highest BCUT2D eigenvalue weighted by atomic mass is 16.5. The van der Waals surface area contributed by atoms with E-state index in [0.29, 0.717) is 18.7 Å². The van der Waals surface area contributed by atoms with Gasteiger partial charge in [0.25, 0.3) is 0 Å². The van der Waals surface area contributed by atoms with Gasteiger partial charge in [-0.15, -0.1) is 0 Å². The number of nitrogens with one attached hydrogen (secondary N) is 1. The molecule has 1 aliphatic carbocycles. The monoisotopic (exact) mass is 295 g/mol. The zero-order chi connectivity index (χ0) is 15.0. The molecule has 1 saturated carbocycles. The molecule has 5 nitrogen and oxygen atoms in total. The third-order valence-corrected chi connectivity index (χ3v) is 5.38. The van der Waals surface area contributed by atoms with E-state index in [0.717, 1.165) is 50.8 Å². The first-order chi connectivity index (χ1) is 10.0. The molecule has 0 radical (unpaired) electrons. The van der Waals surface area contributed by atoms with Gasteiger partial charge in [-0.2, -0.15) is 0 Å². The minimum absolute atomic E-state index is 0.0859. The number of nitrogens with zero attached hydrogens (tertiary/aromatic N) is 1. The molecule has 2 aliphatic heterocycles. The van der Waals surface area contributed by atoms with Crippen LogP contribution >= 0.6 is 0 Å². The molecule has 3 N–H and O–H groups in total. The van der Waals surface area contributed by atoms with Crippen LogP contribution in [0.3, 0.4) is 0 Å². The van der Waals surface area contributed by atoms with Crippen molar-refractivity contribution in [2.24, 2.45) is 23.5 Å². The summed E-state index contributed by atoms with van der Waals surface area (Å²) in [6.45, 7) is 7.76. The van der Waals surface area contributed by atoms with Gasteiger partial charge >= 0.3 is 0 Å². The molecule has 120 valence electrons. The molecule has 0 spiro atoms. The van der Waals surface area contributed by atoms with Crippen molar-refractivity contribution in [2.45, 2.75) is 51.2 Å². The van der Waals surface area contributed by atoms with Crippen LogP contribution in [-0.2, 0) is 9.53 Å². The fraction of sp³-hybridized carbons (Fsp3) is 0.938. The zero-order valence-electron chi connectivity index (χ0n) is 13.3. The summed E-state index contributed by atoms with van der Waals surface area (Å²) >= 11 is 0. The van der Waals surface area contributed by atoms with E-state index in [1.807, 2.05) is 13.8 Å². The second-order valence-corrected chi connectivity index (χ2v) is 7.49. The normalized spacial score (nSPS) is 40.5. The summed E-state index contributed by atoms with van der Waals surface area (Å²) < 4.78 is 5.61. The van der Waals surface area contributed by atoms with Crippen molar-refractivity contribution in [3.63, 3.8) is 0 Å². The number of hydrogen-bond acceptors (Lipinski definition) is 4. The molecule has 0 aromatic rings. The van der Waals surface area contributed by atoms with Crippen molar-refractivity contribution in [2.75, 3.05) is 26.3 Å². The highest BCUT2D eigenvalue weighted by molar-refractivity contribution is 5.78. The van der Waals surface area contributed by atoms with Crippen molar-refractivity contribution in [3.05, 3.63) is 0 Å². The van der Waals surface area contributed by atoms with Crippen LogP contribution in [0.5, 0.6) is 0 Å². The number of hydrogen-bond donors (Lipinski definition) is 2. The molecule has 4 unspecified atom stereocenters. The van der Waals surface area contributed by atoms with Crippen LogP contribution in [0.25, 0.3) is 0 Å². The molecule has 0 bridgehead atoms. The largest absolute Gasteiger partial charge is 0.378 e. The van der Waals surface area contributed by atoms with Crippen LogP contribution in [0.2, 0.25) is 0 Å². The van der Waals surface area contributed by atoms with Crippen molar-refractivity contribution < 1.29 is 9.53 Å². The predicted octanol–water partition coefficient (Wildman–Crippen LogP) is 0.585. The predicted molar refractivity (Wildman–Crippen MR) is 81.8 cm³/mol. The van der Waals surface area contributed by atoms with Crippen molar-refractivity contribution >= 4 is 5.91 Å². The molecule has 21 heavy (non-hydrogen) atoms. The number of rotatable bonds is 3. The minimum Gasteiger partial charge on any atom is -0.378 e. The van der Waals surface area contributed by atoms with Gasteiger partial charge in [-0.05, 0) is 31.1 Å². The van der Waals surface area contributed by atoms with E-state index in [-0.39, 0.29) is 17.9 Å². The van der Waals surface area contributed by atoms with E-state index in [1.54, 1.807) is 0 Å². The van der Waals surface area contributed by atoms with Gasteiger partial charge in [-0.3, -0.25) is 9.69 Å². The van der Waals surface area contributed by atoms with Crippen LogP contribution in [0.15, 0.2) is 0 Å². The zero-order valence-corrected chi connectivity index (χ0v) is 13.3. The van der Waals surface area contributed by atoms with Gasteiger partial charge in [0.2, 0.25) is 5.91 Å². The fourth-order valence-electron chi connectivity index (χ4n) is 4.22. The molecule has 5 heteroatoms. The maximum atomic E-state index is 11.8. The molecule has 1 amide bonds. The Bertz CT molecular complexity index is 374. The van der Waals surface area contributed by atoms with E-state index >= 15 is 0 Å². The number of carbonyl (C=O) groups is 1. The number of amides is 1. The smallest absolute Gasteiger partial charge is 0.222 e. The quantitative estimate of drug-likeness (QED) is 0.799. The summed E-state index contributed by atoms with van der Waals surface area (Å²) in [5, 5.41) is 3.21. The summed E-state index contributed by atoms with van der Waals surface area (Å²) in [6.07, 6.45) is 3.34. The lowest BCUT2D eigenvalue weighted by Gasteiger charge is -2.34. The topological polar surface area (TPSA) is 67.6 Å². The fourth-order valence-corrected chi connectivity index (χ4v) is 4.22. The Kier molecular flexibility index (Phi) is 4.52. The Morgan fingerprint density at radius 1 is 1.19 bits per heavy atom. The SMILES string of the molecule is CC(C)C(=O)NC1CC2CN(C3COCC(N)C3)CC2C1. The number of fused-ring (bicyclic) bond motifs is 1. The average molecular weight is 295 g/mol. The van der Waals surface area contributed by atoms with Crippen molar-refractivity contribution in [3.8, 4) is 0 Å². The van der Waals surface area contributed by atoms with Crippen LogP contribution in [-0.4, -0.2) is 55.2 Å². The molecule has 3 rings (SSSR count). The van der Waals surface area contributed by atoms with Crippen molar-refractivity contribution in [1.82, 2.24) is 10.2 Å². The molecule has 0 aromatic heterocycles. The van der Waals surface area contributed by atoms with E-state index < -0.39 is 0 Å². The molecular formula is C16H29N3O2. The molecule has 2 saturated heterocycles. The first-order valence-corrected chi connectivity index (χ1v) is 8.40. The molecule has 3 aliphatic rings. The Morgan fingerprint density at radius 3 is 2.43 bits per heavy atom. The summed E-state index contributed by atoms with van der Waals surface area (Å²) in [4.78, 5) is 14.4. The summed E-state index contributed by atoms with van der Waals surface area (Å²) in [5.41, 5.74) is 6.01. The number of likely N-dealkylation sites (tertiary alicyclic amines) is 1. The van der Waals surface area contributed by atoms with Crippen LogP contribution < -0.4 is 11.1 Å². The molecule has 0 aromatic carbocycles. The highest BCUT2D eigenvalue weighted by Gasteiger charge is 2.43. The summed E-state index contributed by atoms with van der Waals surface area (Å²) in [7, 11) is 0. The Morgan fingerprint density at radius 2 is 1.86 bits per heavy atom. The van der Waals surface area contributed by atoms with Crippen LogP contribution in [0.1, 0.15) is 33.1 Å². The van der Waals surface area contributed by atoms with Gasteiger partial charge in [0.1, 0.15) is 0 Å². The first-order valence-electron chi connectivity index (χ1n) is 8.40. The number of ether oxygens (including phenoxy) is 1. The Hall–Kier alpha value is -0.650. The Balaban J connectivity index is 1.48. The maximum absolute atomic E-state index is 11.8. The van der Waals surface area contributed by atoms with E-state index in [2.05, 4.69) is 10.2 Å². The molecule has 4 atom stereocenters. The minimum atomic E-state index is 0.0859.